The van der Waals surface area contributed by atoms with Crippen LogP contribution in [0.15, 0.2) is 261 Å². The van der Waals surface area contributed by atoms with Gasteiger partial charge in [0.05, 0.1) is 33.5 Å². The van der Waals surface area contributed by atoms with Crippen LogP contribution >= 0.6 is 0 Å². The lowest BCUT2D eigenvalue weighted by Gasteiger charge is -2.13. The van der Waals surface area contributed by atoms with Gasteiger partial charge < -0.3 is 9.13 Å². The van der Waals surface area contributed by atoms with Gasteiger partial charge in [0.25, 0.3) is 0 Å². The van der Waals surface area contributed by atoms with Crippen molar-refractivity contribution in [2.24, 2.45) is 0 Å². The van der Waals surface area contributed by atoms with Crippen LogP contribution in [0.4, 0.5) is 0 Å². The second-order valence-electron chi connectivity index (χ2n) is 17.6. The summed E-state index contributed by atoms with van der Waals surface area (Å²) in [5.41, 5.74) is 20.5. The molecule has 0 N–H and O–H groups in total. The van der Waals surface area contributed by atoms with Gasteiger partial charge in [0, 0.05) is 44.0 Å². The average Bonchev–Trinajstić information content (AvgIpc) is 3.94. The molecule has 0 radical (unpaired) electrons. The quantitative estimate of drug-likeness (QED) is 0.149. The van der Waals surface area contributed by atoms with Crippen molar-refractivity contribution in [3.8, 4) is 78.4 Å². The molecule has 68 heavy (non-hydrogen) atoms. The molecule has 0 fully saturated rings. The number of pyridine rings is 1. The van der Waals surface area contributed by atoms with E-state index in [4.69, 9.17) is 4.98 Å². The molecular formula is C65H43N3. The Balaban J connectivity index is 0.871. The molecular weight excluding hydrogens is 823 g/mol. The van der Waals surface area contributed by atoms with Crippen LogP contribution in [0.5, 0.6) is 0 Å². The van der Waals surface area contributed by atoms with E-state index in [1.54, 1.807) is 0 Å². The largest absolute Gasteiger partial charge is 0.309 e. The van der Waals surface area contributed by atoms with Crippen LogP contribution in [0.1, 0.15) is 0 Å². The molecule has 318 valence electrons. The molecule has 0 aliphatic carbocycles. The Morgan fingerprint density at radius 2 is 0.588 bits per heavy atom. The summed E-state index contributed by atoms with van der Waals surface area (Å²) in [6.07, 6.45) is 0. The highest BCUT2D eigenvalue weighted by molar-refractivity contribution is 6.12. The fourth-order valence-corrected chi connectivity index (χ4v) is 10.2. The molecule has 10 aromatic carbocycles. The van der Waals surface area contributed by atoms with Gasteiger partial charge >= 0.3 is 0 Å². The van der Waals surface area contributed by atoms with Gasteiger partial charge in [-0.15, -0.1) is 0 Å². The first-order valence-corrected chi connectivity index (χ1v) is 23.3. The fraction of sp³-hybridized carbons (Fsp3) is 0. The number of benzene rings is 10. The highest BCUT2D eigenvalue weighted by Gasteiger charge is 2.18. The van der Waals surface area contributed by atoms with E-state index in [0.717, 1.165) is 45.0 Å². The number of nitrogens with zero attached hydrogens (tertiary/aromatic N) is 3. The van der Waals surface area contributed by atoms with Gasteiger partial charge in [0.1, 0.15) is 0 Å². The second kappa shape index (κ2) is 16.4. The number of aromatic nitrogens is 3. The molecule has 13 rings (SSSR count). The molecule has 0 amide bonds. The Kier molecular flexibility index (Phi) is 9.50. The molecule has 0 aliphatic heterocycles. The van der Waals surface area contributed by atoms with E-state index in [9.17, 15) is 0 Å². The lowest BCUT2D eigenvalue weighted by Crippen LogP contribution is -1.96. The molecule has 0 atom stereocenters. The third-order valence-electron chi connectivity index (χ3n) is 13.5. The maximum absolute atomic E-state index is 5.27. The standard InChI is InChI=1S/C65H43N3/c1-4-15-44(16-5-1)46-27-29-47(30-28-46)48-31-35-54(36-32-48)67-62-25-12-10-23-56(62)58-40-50(33-37-64(58)67)51-34-38-65-59(41-51)57-24-11-13-26-63(57)68(65)55-22-14-21-52(39-55)61-43-53(45-17-6-2-7-18-45)42-60(66-61)49-19-8-3-9-20-49/h1-43H. The van der Waals surface area contributed by atoms with Gasteiger partial charge in [0.2, 0.25) is 0 Å². The van der Waals surface area contributed by atoms with E-state index < -0.39 is 0 Å². The monoisotopic (exact) mass is 865 g/mol. The summed E-state index contributed by atoms with van der Waals surface area (Å²) in [4.78, 5) is 5.27. The number of fused-ring (bicyclic) bond motifs is 6. The van der Waals surface area contributed by atoms with Crippen LogP contribution in [0, 0.1) is 0 Å². The Labute approximate surface area is 395 Å². The zero-order chi connectivity index (χ0) is 45.0. The van der Waals surface area contributed by atoms with Crippen LogP contribution in [0.25, 0.3) is 122 Å². The van der Waals surface area contributed by atoms with Gasteiger partial charge in [-0.2, -0.15) is 0 Å². The smallest absolute Gasteiger partial charge is 0.0716 e. The first-order chi connectivity index (χ1) is 33.7. The van der Waals surface area contributed by atoms with Crippen molar-refractivity contribution < 1.29 is 0 Å². The normalized spacial score (nSPS) is 11.5. The molecule has 0 bridgehead atoms. The summed E-state index contributed by atoms with van der Waals surface area (Å²) in [5.74, 6) is 0. The predicted octanol–water partition coefficient (Wildman–Crippen LogP) is 17.3. The number of hydrogen-bond donors (Lipinski definition) is 0. The van der Waals surface area contributed by atoms with Crippen molar-refractivity contribution in [1.29, 1.82) is 0 Å². The molecule has 3 heterocycles. The van der Waals surface area contributed by atoms with E-state index >= 15 is 0 Å². The zero-order valence-corrected chi connectivity index (χ0v) is 37.2. The van der Waals surface area contributed by atoms with Crippen LogP contribution in [0.2, 0.25) is 0 Å². The molecule has 13 aromatic rings. The second-order valence-corrected chi connectivity index (χ2v) is 17.6. The summed E-state index contributed by atoms with van der Waals surface area (Å²) < 4.78 is 4.80. The maximum atomic E-state index is 5.27. The predicted molar refractivity (Wildman–Crippen MR) is 286 cm³/mol. The Bertz CT molecular complexity index is 3920. The minimum Gasteiger partial charge on any atom is -0.309 e. The summed E-state index contributed by atoms with van der Waals surface area (Å²) in [6, 6.07) is 94.1. The Hall–Kier alpha value is -9.05. The molecule has 3 aromatic heterocycles. The van der Waals surface area contributed by atoms with Gasteiger partial charge in [-0.3, -0.25) is 0 Å². The highest BCUT2D eigenvalue weighted by atomic mass is 15.0. The summed E-state index contributed by atoms with van der Waals surface area (Å²) >= 11 is 0. The van der Waals surface area contributed by atoms with Gasteiger partial charge in [-0.25, -0.2) is 4.98 Å². The number of para-hydroxylation sites is 2. The number of rotatable bonds is 8. The summed E-state index contributed by atoms with van der Waals surface area (Å²) in [5, 5.41) is 4.91. The third-order valence-corrected chi connectivity index (χ3v) is 13.5. The van der Waals surface area contributed by atoms with Crippen molar-refractivity contribution in [3.63, 3.8) is 0 Å². The molecule has 3 nitrogen and oxygen atoms in total. The van der Waals surface area contributed by atoms with Crippen molar-refractivity contribution in [3.05, 3.63) is 261 Å². The SMILES string of the molecule is c1ccc(-c2ccc(-c3ccc(-n4c5ccccc5c5cc(-c6ccc7c(c6)c6ccccc6n7-c6cccc(-c7cc(-c8ccccc8)cc(-c8ccccc8)n7)c6)ccc54)cc3)cc2)cc1. The Morgan fingerprint density at radius 3 is 1.13 bits per heavy atom. The maximum Gasteiger partial charge on any atom is 0.0716 e. The van der Waals surface area contributed by atoms with Crippen molar-refractivity contribution in [2.75, 3.05) is 0 Å². The molecule has 0 unspecified atom stereocenters. The molecule has 0 saturated carbocycles. The molecule has 0 saturated heterocycles. The van der Waals surface area contributed by atoms with Gasteiger partial charge in [-0.1, -0.05) is 188 Å². The lowest BCUT2D eigenvalue weighted by molar-refractivity contribution is 1.18. The minimum absolute atomic E-state index is 0.939. The lowest BCUT2D eigenvalue weighted by atomic mass is 10.00. The van der Waals surface area contributed by atoms with E-state index in [1.807, 2.05) is 0 Å². The molecule has 3 heteroatoms. The van der Waals surface area contributed by atoms with Crippen molar-refractivity contribution >= 4 is 43.6 Å². The van der Waals surface area contributed by atoms with E-state index in [1.165, 1.54) is 77.0 Å². The Morgan fingerprint density at radius 1 is 0.206 bits per heavy atom. The first kappa shape index (κ1) is 39.3. The topological polar surface area (TPSA) is 22.8 Å². The first-order valence-electron chi connectivity index (χ1n) is 23.3. The van der Waals surface area contributed by atoms with Crippen molar-refractivity contribution in [2.45, 2.75) is 0 Å². The summed E-state index contributed by atoms with van der Waals surface area (Å²) in [7, 11) is 0. The molecule has 0 spiro atoms. The highest BCUT2D eigenvalue weighted by Crippen LogP contribution is 2.40. The molecule has 0 aliphatic rings. The fourth-order valence-electron chi connectivity index (χ4n) is 10.2. The van der Waals surface area contributed by atoms with Crippen LogP contribution < -0.4 is 0 Å². The average molecular weight is 866 g/mol. The van der Waals surface area contributed by atoms with E-state index in [2.05, 4.69) is 270 Å². The van der Waals surface area contributed by atoms with Crippen LogP contribution in [0.3, 0.4) is 0 Å². The minimum atomic E-state index is 0.939. The van der Waals surface area contributed by atoms with E-state index in [-0.39, 0.29) is 0 Å². The van der Waals surface area contributed by atoms with E-state index in [0.29, 0.717) is 0 Å². The number of hydrogen-bond acceptors (Lipinski definition) is 1. The van der Waals surface area contributed by atoms with Crippen LogP contribution in [-0.2, 0) is 0 Å². The zero-order valence-electron chi connectivity index (χ0n) is 37.2. The van der Waals surface area contributed by atoms with Crippen molar-refractivity contribution in [1.82, 2.24) is 14.1 Å². The van der Waals surface area contributed by atoms with Crippen LogP contribution in [-0.4, -0.2) is 14.1 Å². The summed E-state index contributed by atoms with van der Waals surface area (Å²) in [6.45, 7) is 0. The van der Waals surface area contributed by atoms with Gasteiger partial charge in [0.15, 0.2) is 0 Å². The van der Waals surface area contributed by atoms with Gasteiger partial charge in [-0.05, 0) is 117 Å². The third kappa shape index (κ3) is 6.88.